The zero-order chi connectivity index (χ0) is 6.15. The van der Waals surface area contributed by atoms with Gasteiger partial charge in [-0.3, -0.25) is 0 Å². The fourth-order valence-electron chi connectivity index (χ4n) is 0.852. The quantitative estimate of drug-likeness (QED) is 0.447. The minimum Gasteiger partial charge on any atom is -0.390 e. The van der Waals surface area contributed by atoms with Crippen LogP contribution in [0.5, 0.6) is 0 Å². The van der Waals surface area contributed by atoms with Gasteiger partial charge in [0.25, 0.3) is 0 Å². The summed E-state index contributed by atoms with van der Waals surface area (Å²) in [5.41, 5.74) is 5.33. The van der Waals surface area contributed by atoms with Crippen LogP contribution in [0.25, 0.3) is 0 Å². The van der Waals surface area contributed by atoms with Crippen LogP contribution in [-0.2, 0) is 4.74 Å². The number of aliphatic hydroxyl groups is 1. The molecule has 1 fully saturated rings. The van der Waals surface area contributed by atoms with E-state index in [1.54, 1.807) is 0 Å². The number of nitrogens with two attached hydrogens (primary N) is 1. The molecular formula is C5H11NO2. The van der Waals surface area contributed by atoms with E-state index in [1.807, 2.05) is 6.92 Å². The van der Waals surface area contributed by atoms with Gasteiger partial charge in [0.1, 0.15) is 6.23 Å². The van der Waals surface area contributed by atoms with Crippen LogP contribution in [0.4, 0.5) is 0 Å². The maximum atomic E-state index is 8.96. The molecule has 1 heterocycles. The SMILES string of the molecule is C[C@H]1O[C@@H](N)C[C@@H]1O. The minimum atomic E-state index is -0.356. The largest absolute Gasteiger partial charge is 0.390 e. The van der Waals surface area contributed by atoms with E-state index >= 15 is 0 Å². The van der Waals surface area contributed by atoms with Gasteiger partial charge in [-0.05, 0) is 6.92 Å². The molecule has 0 aromatic heterocycles. The molecule has 3 heteroatoms. The van der Waals surface area contributed by atoms with E-state index in [4.69, 9.17) is 15.6 Å². The van der Waals surface area contributed by atoms with Gasteiger partial charge in [-0.25, -0.2) is 0 Å². The first-order chi connectivity index (χ1) is 3.70. The Balaban J connectivity index is 2.39. The molecule has 48 valence electrons. The molecule has 1 saturated heterocycles. The molecule has 0 bridgehead atoms. The zero-order valence-corrected chi connectivity index (χ0v) is 4.87. The molecule has 0 radical (unpaired) electrons. The van der Waals surface area contributed by atoms with Gasteiger partial charge in [0.05, 0.1) is 12.2 Å². The minimum absolute atomic E-state index is 0.0787. The highest BCUT2D eigenvalue weighted by Crippen LogP contribution is 2.15. The Hall–Kier alpha value is -0.120. The predicted octanol–water partition coefficient (Wildman–Crippen LogP) is -0.559. The Labute approximate surface area is 48.4 Å². The fraction of sp³-hybridized carbons (Fsp3) is 1.00. The summed E-state index contributed by atoms with van der Waals surface area (Å²) in [6.07, 6.45) is -0.115. The summed E-state index contributed by atoms with van der Waals surface area (Å²) in [6.45, 7) is 1.82. The molecule has 0 aromatic rings. The molecule has 1 aliphatic heterocycles. The molecule has 0 saturated carbocycles. The van der Waals surface area contributed by atoms with Gasteiger partial charge in [-0.1, -0.05) is 0 Å². The molecular weight excluding hydrogens is 106 g/mol. The van der Waals surface area contributed by atoms with Crippen molar-refractivity contribution in [1.82, 2.24) is 0 Å². The second-order valence-electron chi connectivity index (χ2n) is 2.18. The summed E-state index contributed by atoms with van der Waals surface area (Å²) in [7, 11) is 0. The molecule has 3 nitrogen and oxygen atoms in total. The van der Waals surface area contributed by atoms with Gasteiger partial charge in [0.2, 0.25) is 0 Å². The summed E-state index contributed by atoms with van der Waals surface area (Å²) in [5.74, 6) is 0. The van der Waals surface area contributed by atoms with Crippen LogP contribution in [0.15, 0.2) is 0 Å². The van der Waals surface area contributed by atoms with E-state index in [-0.39, 0.29) is 18.4 Å². The van der Waals surface area contributed by atoms with E-state index in [1.165, 1.54) is 0 Å². The van der Waals surface area contributed by atoms with Crippen LogP contribution in [-0.4, -0.2) is 23.5 Å². The number of ether oxygens (including phenoxy) is 1. The van der Waals surface area contributed by atoms with Crippen LogP contribution < -0.4 is 5.73 Å². The number of aliphatic hydroxyl groups excluding tert-OH is 1. The summed E-state index contributed by atoms with van der Waals surface area (Å²) in [6, 6.07) is 0. The van der Waals surface area contributed by atoms with Crippen molar-refractivity contribution in [3.05, 3.63) is 0 Å². The van der Waals surface area contributed by atoms with E-state index < -0.39 is 0 Å². The Kier molecular flexibility index (Phi) is 1.51. The third-order valence-corrected chi connectivity index (χ3v) is 1.41. The van der Waals surface area contributed by atoms with E-state index in [9.17, 15) is 0 Å². The molecule has 0 spiro atoms. The summed E-state index contributed by atoms with van der Waals surface area (Å²) >= 11 is 0. The standard InChI is InChI=1S/C5H11NO2/c1-3-4(7)2-5(6)8-3/h3-5,7H,2,6H2,1H3/t3-,4+,5-/m1/s1. The lowest BCUT2D eigenvalue weighted by Gasteiger charge is -2.04. The number of hydrogen-bond donors (Lipinski definition) is 2. The lowest BCUT2D eigenvalue weighted by Crippen LogP contribution is -2.18. The first-order valence-electron chi connectivity index (χ1n) is 2.79. The van der Waals surface area contributed by atoms with Gasteiger partial charge < -0.3 is 15.6 Å². The summed E-state index contributed by atoms with van der Waals surface area (Å²) < 4.78 is 5.00. The van der Waals surface area contributed by atoms with Crippen molar-refractivity contribution in [3.63, 3.8) is 0 Å². The lowest BCUT2D eigenvalue weighted by molar-refractivity contribution is 0.0247. The molecule has 3 N–H and O–H groups in total. The second kappa shape index (κ2) is 2.01. The van der Waals surface area contributed by atoms with Crippen molar-refractivity contribution in [2.75, 3.05) is 0 Å². The van der Waals surface area contributed by atoms with Gasteiger partial charge in [-0.2, -0.15) is 0 Å². The zero-order valence-electron chi connectivity index (χ0n) is 4.87. The molecule has 0 amide bonds. The third-order valence-electron chi connectivity index (χ3n) is 1.41. The first-order valence-corrected chi connectivity index (χ1v) is 2.79. The van der Waals surface area contributed by atoms with E-state index in [0.717, 1.165) is 0 Å². The second-order valence-corrected chi connectivity index (χ2v) is 2.18. The monoisotopic (exact) mass is 117 g/mol. The van der Waals surface area contributed by atoms with Crippen molar-refractivity contribution in [2.45, 2.75) is 31.8 Å². The van der Waals surface area contributed by atoms with Gasteiger partial charge in [0, 0.05) is 6.42 Å². The Bertz CT molecular complexity index is 76.5. The molecule has 0 aromatic carbocycles. The fourth-order valence-corrected chi connectivity index (χ4v) is 0.852. The number of hydrogen-bond acceptors (Lipinski definition) is 3. The van der Waals surface area contributed by atoms with Crippen LogP contribution in [0.2, 0.25) is 0 Å². The summed E-state index contributed by atoms with van der Waals surface area (Å²) in [5, 5.41) is 8.96. The normalized spacial score (nSPS) is 47.6. The topological polar surface area (TPSA) is 55.5 Å². The number of rotatable bonds is 0. The van der Waals surface area contributed by atoms with Gasteiger partial charge in [0.15, 0.2) is 0 Å². The van der Waals surface area contributed by atoms with Crippen molar-refractivity contribution < 1.29 is 9.84 Å². The summed E-state index contributed by atoms with van der Waals surface area (Å²) in [4.78, 5) is 0. The van der Waals surface area contributed by atoms with E-state index in [2.05, 4.69) is 0 Å². The molecule has 0 aliphatic carbocycles. The third kappa shape index (κ3) is 0.992. The average Bonchev–Trinajstić information content (AvgIpc) is 1.85. The van der Waals surface area contributed by atoms with Crippen LogP contribution in [0, 0.1) is 0 Å². The molecule has 8 heavy (non-hydrogen) atoms. The molecule has 3 atom stereocenters. The van der Waals surface area contributed by atoms with Crippen LogP contribution in [0.1, 0.15) is 13.3 Å². The highest BCUT2D eigenvalue weighted by molar-refractivity contribution is 4.74. The predicted molar refractivity (Wildman–Crippen MR) is 29.1 cm³/mol. The van der Waals surface area contributed by atoms with Crippen molar-refractivity contribution >= 4 is 0 Å². The van der Waals surface area contributed by atoms with Crippen molar-refractivity contribution in [1.29, 1.82) is 0 Å². The Morgan fingerprint density at radius 2 is 2.38 bits per heavy atom. The van der Waals surface area contributed by atoms with Crippen molar-refractivity contribution in [3.8, 4) is 0 Å². The average molecular weight is 117 g/mol. The lowest BCUT2D eigenvalue weighted by atomic mass is 10.2. The highest BCUT2D eigenvalue weighted by atomic mass is 16.5. The Morgan fingerprint density at radius 3 is 2.50 bits per heavy atom. The molecule has 1 rings (SSSR count). The van der Waals surface area contributed by atoms with Gasteiger partial charge in [-0.15, -0.1) is 0 Å². The maximum absolute atomic E-state index is 8.96. The maximum Gasteiger partial charge on any atom is 0.108 e. The molecule has 0 unspecified atom stereocenters. The highest BCUT2D eigenvalue weighted by Gasteiger charge is 2.27. The van der Waals surface area contributed by atoms with E-state index in [0.29, 0.717) is 6.42 Å². The van der Waals surface area contributed by atoms with Crippen LogP contribution in [0.3, 0.4) is 0 Å². The molecule has 1 aliphatic rings. The van der Waals surface area contributed by atoms with Crippen LogP contribution >= 0.6 is 0 Å². The van der Waals surface area contributed by atoms with Crippen molar-refractivity contribution in [2.24, 2.45) is 5.73 Å². The Morgan fingerprint density at radius 1 is 1.75 bits per heavy atom. The van der Waals surface area contributed by atoms with Gasteiger partial charge >= 0.3 is 0 Å². The smallest absolute Gasteiger partial charge is 0.108 e. The first kappa shape index (κ1) is 6.01.